The van der Waals surface area contributed by atoms with Crippen LogP contribution >= 0.6 is 24.0 Å². The molecule has 0 saturated carbocycles. The van der Waals surface area contributed by atoms with Gasteiger partial charge in [0.2, 0.25) is 0 Å². The van der Waals surface area contributed by atoms with Gasteiger partial charge in [0, 0.05) is 12.1 Å². The van der Waals surface area contributed by atoms with Crippen LogP contribution in [0.4, 0.5) is 5.69 Å². The summed E-state index contributed by atoms with van der Waals surface area (Å²) in [5.41, 5.74) is 1.63. The van der Waals surface area contributed by atoms with Crippen LogP contribution in [-0.2, 0) is 9.53 Å². The minimum atomic E-state index is -0.747. The molecule has 0 fully saturated rings. The summed E-state index contributed by atoms with van der Waals surface area (Å²) in [6, 6.07) is 17.2. The minimum Gasteiger partial charge on any atom is -0.465 e. The summed E-state index contributed by atoms with van der Waals surface area (Å²) in [4.78, 5) is 26.9. The second-order valence-corrected chi connectivity index (χ2v) is 9.78. The van der Waals surface area contributed by atoms with Gasteiger partial charge < -0.3 is 4.74 Å². The molecule has 0 N–H and O–H groups in total. The number of carbonyl (C=O) groups excluding carboxylic acids is 2. The van der Waals surface area contributed by atoms with E-state index in [-0.39, 0.29) is 11.9 Å². The maximum absolute atomic E-state index is 13.9. The highest BCUT2D eigenvalue weighted by Crippen LogP contribution is 2.37. The fraction of sp³-hybridized carbons (Fsp3) is 0.370. The third kappa shape index (κ3) is 6.07. The van der Waals surface area contributed by atoms with E-state index in [1.807, 2.05) is 80.8 Å². The molecule has 0 aliphatic heterocycles. The number of carbonyl (C=O) groups is 2. The Hall–Kier alpha value is -2.64. The number of ether oxygens (including phenoxy) is 1. The number of aryl methyl sites for hydroxylation is 1. The zero-order chi connectivity index (χ0) is 24.6. The first-order valence-corrected chi connectivity index (χ1v) is 13.2. The Bertz CT molecular complexity index is 1040. The number of rotatable bonds is 7. The van der Waals surface area contributed by atoms with Crippen LogP contribution in [0, 0.1) is 12.3 Å². The Balaban J connectivity index is 2.02. The number of hydrogen-bond acceptors (Lipinski definition) is 5. The third-order valence-corrected chi connectivity index (χ3v) is 7.17. The molecular formula is C27H32N2O3S2. The van der Waals surface area contributed by atoms with Crippen LogP contribution in [0.3, 0.4) is 0 Å². The van der Waals surface area contributed by atoms with Crippen molar-refractivity contribution >= 4 is 45.9 Å². The van der Waals surface area contributed by atoms with Gasteiger partial charge in [-0.3, -0.25) is 9.59 Å². The van der Waals surface area contributed by atoms with E-state index in [1.54, 1.807) is 10.0 Å². The van der Waals surface area contributed by atoms with E-state index in [9.17, 15) is 9.59 Å². The largest absolute Gasteiger partial charge is 0.465 e. The molecule has 180 valence electrons. The highest BCUT2D eigenvalue weighted by atomic mass is 32.2. The summed E-state index contributed by atoms with van der Waals surface area (Å²) in [7, 11) is 0. The van der Waals surface area contributed by atoms with Crippen LogP contribution < -0.4 is 5.01 Å². The van der Waals surface area contributed by atoms with Gasteiger partial charge in [0.25, 0.3) is 5.91 Å². The summed E-state index contributed by atoms with van der Waals surface area (Å²) in [6.07, 6.45) is 8.93. The number of nitrogens with zero attached hydrogens (tertiary/aromatic N) is 2. The number of anilines is 1. The first-order chi connectivity index (χ1) is 16.4. The smallest absolute Gasteiger partial charge is 0.315 e. The van der Waals surface area contributed by atoms with Crippen molar-refractivity contribution in [3.05, 3.63) is 77.9 Å². The zero-order valence-electron chi connectivity index (χ0n) is 20.0. The van der Waals surface area contributed by atoms with Gasteiger partial charge in [-0.15, -0.1) is 0 Å². The molecule has 0 radical (unpaired) electrons. The Morgan fingerprint density at radius 2 is 1.91 bits per heavy atom. The van der Waals surface area contributed by atoms with E-state index in [4.69, 9.17) is 17.0 Å². The molecule has 1 atom stereocenters. The zero-order valence-corrected chi connectivity index (χ0v) is 21.7. The molecule has 1 amide bonds. The van der Waals surface area contributed by atoms with E-state index in [1.165, 1.54) is 11.8 Å². The Labute approximate surface area is 212 Å². The SMILES string of the molecule is CCOC(=O)C1(CCN(C(=O)c2cccc(C)c2)N(C(=S)SC)c2ccccc2)C=CCCC1. The number of esters is 1. The summed E-state index contributed by atoms with van der Waals surface area (Å²) in [6.45, 7) is 4.42. The molecule has 0 spiro atoms. The van der Waals surface area contributed by atoms with Crippen molar-refractivity contribution in [3.8, 4) is 0 Å². The number of amides is 1. The predicted octanol–water partition coefficient (Wildman–Crippen LogP) is 6.19. The van der Waals surface area contributed by atoms with Gasteiger partial charge in [-0.1, -0.05) is 72.0 Å². The Morgan fingerprint density at radius 3 is 2.53 bits per heavy atom. The lowest BCUT2D eigenvalue weighted by Gasteiger charge is -2.39. The second-order valence-electron chi connectivity index (χ2n) is 8.34. The van der Waals surface area contributed by atoms with Crippen LogP contribution in [0.2, 0.25) is 0 Å². The van der Waals surface area contributed by atoms with E-state index >= 15 is 0 Å². The highest BCUT2D eigenvalue weighted by molar-refractivity contribution is 8.22. The lowest BCUT2D eigenvalue weighted by molar-refractivity contribution is -0.153. The van der Waals surface area contributed by atoms with Crippen molar-refractivity contribution in [2.24, 2.45) is 5.41 Å². The van der Waals surface area contributed by atoms with Crippen LogP contribution in [0.25, 0.3) is 0 Å². The molecule has 2 aromatic carbocycles. The van der Waals surface area contributed by atoms with Gasteiger partial charge in [-0.25, -0.2) is 10.0 Å². The fourth-order valence-electron chi connectivity index (χ4n) is 4.21. The van der Waals surface area contributed by atoms with Crippen molar-refractivity contribution in [1.82, 2.24) is 5.01 Å². The van der Waals surface area contributed by atoms with Gasteiger partial charge in [0.1, 0.15) is 0 Å². The number of hydrogen-bond donors (Lipinski definition) is 0. The molecule has 0 heterocycles. The number of para-hydroxylation sites is 1. The van der Waals surface area contributed by atoms with E-state index in [0.29, 0.717) is 35.9 Å². The van der Waals surface area contributed by atoms with Gasteiger partial charge in [-0.05, 0) is 70.1 Å². The molecule has 2 aromatic rings. The molecule has 1 aliphatic rings. The first-order valence-electron chi connectivity index (χ1n) is 11.6. The molecule has 1 aliphatic carbocycles. The van der Waals surface area contributed by atoms with Crippen molar-refractivity contribution in [2.75, 3.05) is 24.4 Å². The van der Waals surface area contributed by atoms with Crippen LogP contribution in [0.1, 0.15) is 48.5 Å². The van der Waals surface area contributed by atoms with Crippen molar-refractivity contribution in [3.63, 3.8) is 0 Å². The lowest BCUT2D eigenvalue weighted by atomic mass is 9.76. The summed E-state index contributed by atoms with van der Waals surface area (Å²) in [5, 5.41) is 3.46. The maximum atomic E-state index is 13.9. The Morgan fingerprint density at radius 1 is 1.15 bits per heavy atom. The average molecular weight is 497 g/mol. The fourth-order valence-corrected chi connectivity index (χ4v) is 4.79. The van der Waals surface area contributed by atoms with Crippen molar-refractivity contribution < 1.29 is 14.3 Å². The predicted molar refractivity (Wildman–Crippen MR) is 144 cm³/mol. The maximum Gasteiger partial charge on any atom is 0.315 e. The summed E-state index contributed by atoms with van der Waals surface area (Å²) < 4.78 is 6.01. The normalized spacial score (nSPS) is 17.1. The standard InChI is InChI=1S/C27H32N2O3S2/c1-4-32-25(31)27(16-9-6-10-17-27)18-19-28(24(30)22-13-11-12-21(2)20-22)29(26(33)34-3)23-14-7-5-8-15-23/h5,7-9,11-16,20H,4,6,10,17-19H2,1-3H3. The van der Waals surface area contributed by atoms with Gasteiger partial charge in [-0.2, -0.15) is 0 Å². The first kappa shape index (κ1) is 26.0. The highest BCUT2D eigenvalue weighted by Gasteiger charge is 2.40. The minimum absolute atomic E-state index is 0.164. The van der Waals surface area contributed by atoms with Crippen LogP contribution in [-0.4, -0.2) is 40.6 Å². The molecule has 3 rings (SSSR count). The second kappa shape index (κ2) is 12.2. The number of benzene rings is 2. The van der Waals surface area contributed by atoms with E-state index in [0.717, 1.165) is 24.1 Å². The average Bonchev–Trinajstić information content (AvgIpc) is 2.87. The third-order valence-electron chi connectivity index (χ3n) is 5.97. The molecule has 0 aromatic heterocycles. The molecule has 7 heteroatoms. The van der Waals surface area contributed by atoms with Gasteiger partial charge in [0.15, 0.2) is 4.32 Å². The van der Waals surface area contributed by atoms with Crippen LogP contribution in [0.15, 0.2) is 66.7 Å². The quantitative estimate of drug-likeness (QED) is 0.197. The molecule has 0 bridgehead atoms. The summed E-state index contributed by atoms with van der Waals surface area (Å²) >= 11 is 7.12. The topological polar surface area (TPSA) is 49.9 Å². The lowest BCUT2D eigenvalue weighted by Crippen LogP contribution is -2.50. The number of hydrazine groups is 1. The molecule has 34 heavy (non-hydrogen) atoms. The Kier molecular flexibility index (Phi) is 9.30. The van der Waals surface area contributed by atoms with Crippen molar-refractivity contribution in [2.45, 2.75) is 39.5 Å². The number of thiocarbonyl (C=S) groups is 1. The molecular weight excluding hydrogens is 464 g/mol. The van der Waals surface area contributed by atoms with Gasteiger partial charge >= 0.3 is 5.97 Å². The number of allylic oxidation sites excluding steroid dienone is 1. The van der Waals surface area contributed by atoms with Gasteiger partial charge in [0.05, 0.1) is 17.7 Å². The summed E-state index contributed by atoms with van der Waals surface area (Å²) in [5.74, 6) is -0.393. The van der Waals surface area contributed by atoms with E-state index < -0.39 is 5.41 Å². The van der Waals surface area contributed by atoms with Crippen molar-refractivity contribution in [1.29, 1.82) is 0 Å². The molecule has 1 unspecified atom stereocenters. The molecule has 0 saturated heterocycles. The monoisotopic (exact) mass is 496 g/mol. The van der Waals surface area contributed by atoms with Crippen LogP contribution in [0.5, 0.6) is 0 Å². The number of thioether (sulfide) groups is 1. The molecule has 5 nitrogen and oxygen atoms in total. The van der Waals surface area contributed by atoms with E-state index in [2.05, 4.69) is 6.08 Å².